The summed E-state index contributed by atoms with van der Waals surface area (Å²) in [4.78, 5) is 12.5. The van der Waals surface area contributed by atoms with E-state index < -0.39 is 0 Å². The molecule has 3 heterocycles. The highest BCUT2D eigenvalue weighted by atomic mass is 32.1. The zero-order valence-corrected chi connectivity index (χ0v) is 24.0. The molecule has 7 heteroatoms. The van der Waals surface area contributed by atoms with Crippen molar-refractivity contribution >= 4 is 39.7 Å². The van der Waals surface area contributed by atoms with Gasteiger partial charge in [0.05, 0.1) is 5.52 Å². The number of benzene rings is 2. The monoisotopic (exact) mass is 530 g/mol. The molecule has 3 aromatic rings. The van der Waals surface area contributed by atoms with E-state index in [4.69, 9.17) is 17.2 Å². The first-order valence-corrected chi connectivity index (χ1v) is 14.6. The number of anilines is 2. The van der Waals surface area contributed by atoms with Gasteiger partial charge in [0.15, 0.2) is 5.11 Å². The van der Waals surface area contributed by atoms with E-state index >= 15 is 0 Å². The Kier molecular flexibility index (Phi) is 8.77. The zero-order valence-electron chi connectivity index (χ0n) is 23.2. The Hall–Kier alpha value is -2.74. The summed E-state index contributed by atoms with van der Waals surface area (Å²) in [5.74, 6) is 1.75. The van der Waals surface area contributed by atoms with E-state index in [9.17, 15) is 0 Å². The Morgan fingerprint density at radius 1 is 0.947 bits per heavy atom. The molecule has 1 aromatic heterocycles. The topological polar surface area (TPSA) is 46.7 Å². The molecule has 38 heavy (non-hydrogen) atoms. The van der Waals surface area contributed by atoms with Crippen LogP contribution in [0.4, 0.5) is 11.5 Å². The molecule has 0 amide bonds. The van der Waals surface area contributed by atoms with Crippen molar-refractivity contribution in [2.24, 2.45) is 5.92 Å². The SMILES string of the molecule is CCN1CCN(c2cc(C)c3cc(NC(=S)NCC4CCN(Cc5cccc(C)c5)CC4)ccc3n2)CC1. The molecule has 0 bridgehead atoms. The molecule has 202 valence electrons. The number of aromatic nitrogens is 1. The Morgan fingerprint density at radius 3 is 2.47 bits per heavy atom. The molecule has 5 rings (SSSR count). The van der Waals surface area contributed by atoms with Crippen molar-refractivity contribution in [3.05, 3.63) is 65.2 Å². The maximum Gasteiger partial charge on any atom is 0.170 e. The summed E-state index contributed by atoms with van der Waals surface area (Å²) in [5, 5.41) is 8.75. The number of likely N-dealkylation sites (tertiary alicyclic amines) is 1. The minimum Gasteiger partial charge on any atom is -0.362 e. The van der Waals surface area contributed by atoms with Gasteiger partial charge in [-0.2, -0.15) is 0 Å². The Bertz CT molecular complexity index is 1240. The molecule has 0 spiro atoms. The van der Waals surface area contributed by atoms with Gasteiger partial charge in [-0.1, -0.05) is 36.8 Å². The van der Waals surface area contributed by atoms with Gasteiger partial charge in [-0.05, 0) is 99.9 Å². The minimum atomic E-state index is 0.657. The van der Waals surface area contributed by atoms with Crippen LogP contribution in [0.5, 0.6) is 0 Å². The van der Waals surface area contributed by atoms with E-state index in [1.165, 1.54) is 34.9 Å². The van der Waals surface area contributed by atoms with Gasteiger partial charge in [-0.3, -0.25) is 4.90 Å². The van der Waals surface area contributed by atoms with Gasteiger partial charge in [0.25, 0.3) is 0 Å². The van der Waals surface area contributed by atoms with Crippen LogP contribution in [0.3, 0.4) is 0 Å². The van der Waals surface area contributed by atoms with Gasteiger partial charge in [0.2, 0.25) is 0 Å². The lowest BCUT2D eigenvalue weighted by Gasteiger charge is -2.35. The number of nitrogens with zero attached hydrogens (tertiary/aromatic N) is 4. The summed E-state index contributed by atoms with van der Waals surface area (Å²) in [7, 11) is 0. The lowest BCUT2D eigenvalue weighted by Crippen LogP contribution is -2.46. The van der Waals surface area contributed by atoms with Crippen molar-refractivity contribution in [3.63, 3.8) is 0 Å². The molecule has 2 aliphatic rings. The molecular formula is C31H42N6S. The smallest absolute Gasteiger partial charge is 0.170 e. The van der Waals surface area contributed by atoms with Crippen molar-refractivity contribution in [3.8, 4) is 0 Å². The second-order valence-electron chi connectivity index (χ2n) is 11.0. The Balaban J connectivity index is 1.10. The highest BCUT2D eigenvalue weighted by molar-refractivity contribution is 7.80. The number of fused-ring (bicyclic) bond motifs is 1. The van der Waals surface area contributed by atoms with Gasteiger partial charge < -0.3 is 20.4 Å². The van der Waals surface area contributed by atoms with Gasteiger partial charge in [0, 0.05) is 50.3 Å². The zero-order chi connectivity index (χ0) is 26.5. The molecule has 0 aliphatic carbocycles. The molecule has 0 radical (unpaired) electrons. The first-order chi connectivity index (χ1) is 18.5. The van der Waals surface area contributed by atoms with Crippen molar-refractivity contribution in [2.75, 3.05) is 62.6 Å². The number of piperazine rings is 1. The van der Waals surface area contributed by atoms with Crippen LogP contribution in [-0.2, 0) is 6.54 Å². The number of likely N-dealkylation sites (N-methyl/N-ethyl adjacent to an activating group) is 1. The van der Waals surface area contributed by atoms with Crippen molar-refractivity contribution < 1.29 is 0 Å². The van der Waals surface area contributed by atoms with Crippen LogP contribution in [0.25, 0.3) is 10.9 Å². The summed E-state index contributed by atoms with van der Waals surface area (Å²) in [6.07, 6.45) is 2.41. The summed E-state index contributed by atoms with van der Waals surface area (Å²) >= 11 is 5.65. The molecule has 0 saturated carbocycles. The fourth-order valence-electron chi connectivity index (χ4n) is 5.74. The largest absolute Gasteiger partial charge is 0.362 e. The third-order valence-electron chi connectivity index (χ3n) is 8.15. The molecule has 0 unspecified atom stereocenters. The van der Waals surface area contributed by atoms with Crippen molar-refractivity contribution in [2.45, 2.75) is 40.2 Å². The molecule has 2 N–H and O–H groups in total. The third-order valence-corrected chi connectivity index (χ3v) is 8.40. The molecule has 2 fully saturated rings. The highest BCUT2D eigenvalue weighted by Gasteiger charge is 2.20. The molecular weight excluding hydrogens is 488 g/mol. The Morgan fingerprint density at radius 2 is 1.74 bits per heavy atom. The first kappa shape index (κ1) is 26.9. The fraction of sp³-hybridized carbons (Fsp3) is 0.484. The van der Waals surface area contributed by atoms with Gasteiger partial charge in [-0.25, -0.2) is 4.98 Å². The average molecular weight is 531 g/mol. The van der Waals surface area contributed by atoms with Crippen LogP contribution >= 0.6 is 12.2 Å². The van der Waals surface area contributed by atoms with E-state index in [1.54, 1.807) is 0 Å². The number of pyridine rings is 1. The predicted molar refractivity (Wildman–Crippen MR) is 164 cm³/mol. The van der Waals surface area contributed by atoms with Crippen LogP contribution in [0, 0.1) is 19.8 Å². The third kappa shape index (κ3) is 6.82. The minimum absolute atomic E-state index is 0.657. The fourth-order valence-corrected chi connectivity index (χ4v) is 5.94. The maximum absolute atomic E-state index is 5.65. The van der Waals surface area contributed by atoms with E-state index in [0.29, 0.717) is 11.0 Å². The predicted octanol–water partition coefficient (Wildman–Crippen LogP) is 5.19. The lowest BCUT2D eigenvalue weighted by atomic mass is 9.96. The number of nitrogens with one attached hydrogen (secondary N) is 2. The van der Waals surface area contributed by atoms with Gasteiger partial charge >= 0.3 is 0 Å². The number of hydrogen-bond donors (Lipinski definition) is 2. The molecule has 6 nitrogen and oxygen atoms in total. The molecule has 2 aromatic carbocycles. The highest BCUT2D eigenvalue weighted by Crippen LogP contribution is 2.26. The second kappa shape index (κ2) is 12.4. The quantitative estimate of drug-likeness (QED) is 0.408. The number of thiocarbonyl (C=S) groups is 1. The number of hydrogen-bond acceptors (Lipinski definition) is 5. The van der Waals surface area contributed by atoms with E-state index in [-0.39, 0.29) is 0 Å². The van der Waals surface area contributed by atoms with E-state index in [2.05, 4.69) is 94.6 Å². The summed E-state index contributed by atoms with van der Waals surface area (Å²) < 4.78 is 0. The number of aryl methyl sites for hydroxylation is 2. The second-order valence-corrected chi connectivity index (χ2v) is 11.4. The number of piperidine rings is 1. The van der Waals surface area contributed by atoms with Crippen molar-refractivity contribution in [1.29, 1.82) is 0 Å². The summed E-state index contributed by atoms with van der Waals surface area (Å²) in [6.45, 7) is 16.3. The summed E-state index contributed by atoms with van der Waals surface area (Å²) in [6, 6.07) is 17.5. The van der Waals surface area contributed by atoms with Gasteiger partial charge in [-0.15, -0.1) is 0 Å². The van der Waals surface area contributed by atoms with Crippen LogP contribution < -0.4 is 15.5 Å². The molecule has 2 aliphatic heterocycles. The van der Waals surface area contributed by atoms with Crippen LogP contribution in [0.15, 0.2) is 48.5 Å². The standard InChI is InChI=1S/C31H42N6S/c1-4-35-14-16-37(17-15-35)30-19-24(3)28-20-27(8-9-29(28)34-30)33-31(38)32-21-25-10-12-36(13-11-25)22-26-7-5-6-23(2)18-26/h5-9,18-20,25H,4,10-17,21-22H2,1-3H3,(H2,32,33,38). The van der Waals surface area contributed by atoms with Crippen LogP contribution in [0.2, 0.25) is 0 Å². The van der Waals surface area contributed by atoms with Crippen LogP contribution in [0.1, 0.15) is 36.5 Å². The van der Waals surface area contributed by atoms with Crippen molar-refractivity contribution in [1.82, 2.24) is 20.1 Å². The maximum atomic E-state index is 5.65. The first-order valence-electron chi connectivity index (χ1n) is 14.2. The van der Waals surface area contributed by atoms with E-state index in [0.717, 1.165) is 75.9 Å². The Labute approximate surface area is 233 Å². The number of rotatable bonds is 7. The summed E-state index contributed by atoms with van der Waals surface area (Å²) in [5.41, 5.74) is 6.06. The lowest BCUT2D eigenvalue weighted by molar-refractivity contribution is 0.178. The average Bonchev–Trinajstić information content (AvgIpc) is 2.93. The molecule has 0 atom stereocenters. The van der Waals surface area contributed by atoms with E-state index in [1.807, 2.05) is 0 Å². The normalized spacial score (nSPS) is 17.6. The molecule has 2 saturated heterocycles. The van der Waals surface area contributed by atoms with Gasteiger partial charge in [0.1, 0.15) is 5.82 Å². The van der Waals surface area contributed by atoms with Crippen LogP contribution in [-0.4, -0.2) is 72.3 Å².